The van der Waals surface area contributed by atoms with E-state index in [0.29, 0.717) is 23.6 Å². The molecule has 2 rings (SSSR count). The number of amides is 1. The predicted octanol–water partition coefficient (Wildman–Crippen LogP) is 3.32. The fourth-order valence-corrected chi connectivity index (χ4v) is 2.93. The summed E-state index contributed by atoms with van der Waals surface area (Å²) in [7, 11) is 0. The SMILES string of the molecule is CCOc1ccc(C(=O)N2CCCC(CC)CC2)cc1N. The molecule has 0 radical (unpaired) electrons. The molecule has 4 heteroatoms. The topological polar surface area (TPSA) is 55.6 Å². The maximum Gasteiger partial charge on any atom is 0.253 e. The van der Waals surface area contributed by atoms with E-state index in [9.17, 15) is 4.79 Å². The molecule has 1 unspecified atom stereocenters. The van der Waals surface area contributed by atoms with Crippen LogP contribution < -0.4 is 10.5 Å². The summed E-state index contributed by atoms with van der Waals surface area (Å²) in [6.07, 6.45) is 4.63. The van der Waals surface area contributed by atoms with Gasteiger partial charge in [0.15, 0.2) is 0 Å². The van der Waals surface area contributed by atoms with Crippen LogP contribution in [0.3, 0.4) is 0 Å². The van der Waals surface area contributed by atoms with Crippen LogP contribution in [-0.4, -0.2) is 30.5 Å². The number of hydrogen-bond acceptors (Lipinski definition) is 3. The van der Waals surface area contributed by atoms with Crippen LogP contribution in [-0.2, 0) is 0 Å². The summed E-state index contributed by atoms with van der Waals surface area (Å²) in [5.41, 5.74) is 7.14. The van der Waals surface area contributed by atoms with Crippen LogP contribution in [0.4, 0.5) is 5.69 Å². The van der Waals surface area contributed by atoms with Crippen molar-refractivity contribution in [1.29, 1.82) is 0 Å². The van der Waals surface area contributed by atoms with Crippen molar-refractivity contribution >= 4 is 11.6 Å². The third-order valence-electron chi connectivity index (χ3n) is 4.27. The van der Waals surface area contributed by atoms with Gasteiger partial charge in [-0.05, 0) is 50.3 Å². The van der Waals surface area contributed by atoms with Gasteiger partial charge in [-0.15, -0.1) is 0 Å². The monoisotopic (exact) mass is 290 g/mol. The van der Waals surface area contributed by atoms with E-state index in [0.717, 1.165) is 31.8 Å². The fraction of sp³-hybridized carbons (Fsp3) is 0.588. The number of anilines is 1. The average Bonchev–Trinajstić information content (AvgIpc) is 2.74. The highest BCUT2D eigenvalue weighted by Crippen LogP contribution is 2.25. The van der Waals surface area contributed by atoms with Crippen LogP contribution in [0.25, 0.3) is 0 Å². The summed E-state index contributed by atoms with van der Waals surface area (Å²) in [6, 6.07) is 5.33. The third-order valence-corrected chi connectivity index (χ3v) is 4.27. The van der Waals surface area contributed by atoms with Crippen molar-refractivity contribution in [3.63, 3.8) is 0 Å². The molecule has 1 aliphatic heterocycles. The van der Waals surface area contributed by atoms with E-state index in [1.807, 2.05) is 17.9 Å². The lowest BCUT2D eigenvalue weighted by Crippen LogP contribution is -2.32. The molecule has 2 N–H and O–H groups in total. The van der Waals surface area contributed by atoms with Crippen LogP contribution in [0.2, 0.25) is 0 Å². The maximum absolute atomic E-state index is 12.6. The molecule has 4 nitrogen and oxygen atoms in total. The molecule has 0 aliphatic carbocycles. The Bertz CT molecular complexity index is 488. The van der Waals surface area contributed by atoms with Gasteiger partial charge in [0.25, 0.3) is 5.91 Å². The average molecular weight is 290 g/mol. The van der Waals surface area contributed by atoms with Gasteiger partial charge in [-0.2, -0.15) is 0 Å². The number of likely N-dealkylation sites (tertiary alicyclic amines) is 1. The summed E-state index contributed by atoms with van der Waals surface area (Å²) < 4.78 is 5.42. The molecule has 0 aromatic heterocycles. The highest BCUT2D eigenvalue weighted by Gasteiger charge is 2.21. The van der Waals surface area contributed by atoms with E-state index in [4.69, 9.17) is 10.5 Å². The van der Waals surface area contributed by atoms with Gasteiger partial charge in [-0.25, -0.2) is 0 Å². The zero-order valence-electron chi connectivity index (χ0n) is 13.1. The Morgan fingerprint density at radius 2 is 2.14 bits per heavy atom. The molecule has 1 aliphatic rings. The van der Waals surface area contributed by atoms with Gasteiger partial charge in [-0.1, -0.05) is 13.3 Å². The number of rotatable bonds is 4. The number of carbonyl (C=O) groups is 1. The van der Waals surface area contributed by atoms with Gasteiger partial charge in [0.2, 0.25) is 0 Å². The second kappa shape index (κ2) is 7.34. The van der Waals surface area contributed by atoms with Gasteiger partial charge >= 0.3 is 0 Å². The van der Waals surface area contributed by atoms with E-state index in [-0.39, 0.29) is 5.91 Å². The van der Waals surface area contributed by atoms with Crippen LogP contribution in [0.5, 0.6) is 5.75 Å². The van der Waals surface area contributed by atoms with E-state index in [1.165, 1.54) is 12.8 Å². The molecule has 1 aromatic carbocycles. The molecule has 1 heterocycles. The normalized spacial score (nSPS) is 19.1. The van der Waals surface area contributed by atoms with Crippen molar-refractivity contribution in [2.75, 3.05) is 25.4 Å². The molecule has 1 fully saturated rings. The Morgan fingerprint density at radius 1 is 1.33 bits per heavy atom. The van der Waals surface area contributed by atoms with Crippen LogP contribution >= 0.6 is 0 Å². The molecule has 1 saturated heterocycles. The lowest BCUT2D eigenvalue weighted by atomic mass is 9.98. The smallest absolute Gasteiger partial charge is 0.253 e. The predicted molar refractivity (Wildman–Crippen MR) is 85.6 cm³/mol. The molecule has 0 spiro atoms. The first kappa shape index (κ1) is 15.7. The summed E-state index contributed by atoms with van der Waals surface area (Å²) in [5, 5.41) is 0. The minimum atomic E-state index is 0.0847. The number of ether oxygens (including phenoxy) is 1. The fourth-order valence-electron chi connectivity index (χ4n) is 2.93. The second-order valence-corrected chi connectivity index (χ2v) is 5.68. The first-order valence-corrected chi connectivity index (χ1v) is 7.97. The molecular weight excluding hydrogens is 264 g/mol. The summed E-state index contributed by atoms with van der Waals surface area (Å²) in [5.74, 6) is 1.49. The number of nitrogens with two attached hydrogens (primary N) is 1. The molecule has 0 saturated carbocycles. The first-order valence-electron chi connectivity index (χ1n) is 7.97. The van der Waals surface area contributed by atoms with Gasteiger partial charge in [0.05, 0.1) is 12.3 Å². The Labute approximate surface area is 127 Å². The van der Waals surface area contributed by atoms with Crippen LogP contribution in [0.1, 0.15) is 49.9 Å². The van der Waals surface area contributed by atoms with E-state index in [2.05, 4.69) is 6.92 Å². The Kier molecular flexibility index (Phi) is 5.48. The number of nitrogens with zero attached hydrogens (tertiary/aromatic N) is 1. The number of benzene rings is 1. The van der Waals surface area contributed by atoms with Crippen molar-refractivity contribution < 1.29 is 9.53 Å². The minimum absolute atomic E-state index is 0.0847. The van der Waals surface area contributed by atoms with Gasteiger partial charge < -0.3 is 15.4 Å². The second-order valence-electron chi connectivity index (χ2n) is 5.68. The standard InChI is InChI=1S/C17H26N2O2/c1-3-13-6-5-10-19(11-9-13)17(20)14-7-8-16(21-4-2)15(18)12-14/h7-8,12-13H,3-6,9-11,18H2,1-2H3. The zero-order valence-corrected chi connectivity index (χ0v) is 13.1. The minimum Gasteiger partial charge on any atom is -0.492 e. The van der Waals surface area contributed by atoms with Gasteiger partial charge in [0.1, 0.15) is 5.75 Å². The maximum atomic E-state index is 12.6. The first-order chi connectivity index (χ1) is 10.2. The van der Waals surface area contributed by atoms with Crippen molar-refractivity contribution in [2.24, 2.45) is 5.92 Å². The van der Waals surface area contributed by atoms with Crippen molar-refractivity contribution in [2.45, 2.75) is 39.5 Å². The molecule has 1 atom stereocenters. The Morgan fingerprint density at radius 3 is 2.81 bits per heavy atom. The number of nitrogen functional groups attached to an aromatic ring is 1. The Hall–Kier alpha value is -1.71. The molecule has 1 aromatic rings. The van der Waals surface area contributed by atoms with Crippen molar-refractivity contribution in [1.82, 2.24) is 4.90 Å². The molecule has 1 amide bonds. The lowest BCUT2D eigenvalue weighted by molar-refractivity contribution is 0.0760. The number of carbonyl (C=O) groups excluding carboxylic acids is 1. The van der Waals surface area contributed by atoms with E-state index < -0.39 is 0 Å². The largest absolute Gasteiger partial charge is 0.492 e. The highest BCUT2D eigenvalue weighted by atomic mass is 16.5. The van der Waals surface area contributed by atoms with Crippen molar-refractivity contribution in [3.05, 3.63) is 23.8 Å². The Balaban J connectivity index is 2.07. The summed E-state index contributed by atoms with van der Waals surface area (Å²) in [4.78, 5) is 14.6. The lowest BCUT2D eigenvalue weighted by Gasteiger charge is -2.21. The quantitative estimate of drug-likeness (QED) is 0.865. The van der Waals surface area contributed by atoms with Crippen LogP contribution in [0.15, 0.2) is 18.2 Å². The summed E-state index contributed by atoms with van der Waals surface area (Å²) in [6.45, 7) is 6.42. The van der Waals surface area contributed by atoms with Gasteiger partial charge in [0, 0.05) is 18.7 Å². The number of hydrogen-bond donors (Lipinski definition) is 1. The molecule has 0 bridgehead atoms. The van der Waals surface area contributed by atoms with Crippen molar-refractivity contribution in [3.8, 4) is 5.75 Å². The molecule has 21 heavy (non-hydrogen) atoms. The van der Waals surface area contributed by atoms with Gasteiger partial charge in [-0.3, -0.25) is 4.79 Å². The summed E-state index contributed by atoms with van der Waals surface area (Å²) >= 11 is 0. The molecule has 116 valence electrons. The van der Waals surface area contributed by atoms with E-state index in [1.54, 1.807) is 12.1 Å². The highest BCUT2D eigenvalue weighted by molar-refractivity contribution is 5.95. The third kappa shape index (κ3) is 3.90. The van der Waals surface area contributed by atoms with Crippen LogP contribution in [0, 0.1) is 5.92 Å². The van der Waals surface area contributed by atoms with E-state index >= 15 is 0 Å². The zero-order chi connectivity index (χ0) is 15.2. The molecular formula is C17H26N2O2.